The molecule has 2 rings (SSSR count). The quantitative estimate of drug-likeness (QED) is 0.369. The van der Waals surface area contributed by atoms with E-state index in [1.807, 2.05) is 0 Å². The molecule has 0 radical (unpaired) electrons. The maximum atomic E-state index is 11.9. The van der Waals surface area contributed by atoms with Crippen molar-refractivity contribution in [3.63, 3.8) is 0 Å². The Morgan fingerprint density at radius 1 is 1.59 bits per heavy atom. The van der Waals surface area contributed by atoms with Crippen LogP contribution in [0.15, 0.2) is 15.8 Å². The van der Waals surface area contributed by atoms with Crippen molar-refractivity contribution in [3.05, 3.63) is 32.6 Å². The standard InChI is InChI=1S/C12H18ClN3O4S2/c1-7-5-16(12(19)15-11(7)18)10-4-9(8(6-17)20-10)22-21-3-2-14-13/h5,8-10,14,17H,2-4,6H2,1H3,(H,15,18,19)/t8-,9?,10-/m1/s1. The molecule has 10 heteroatoms. The molecular weight excluding hydrogens is 350 g/mol. The monoisotopic (exact) mass is 367 g/mol. The number of nitrogens with zero attached hydrogens (tertiary/aromatic N) is 1. The van der Waals surface area contributed by atoms with Crippen molar-refractivity contribution < 1.29 is 9.84 Å². The molecule has 1 saturated heterocycles. The molecule has 0 bridgehead atoms. The van der Waals surface area contributed by atoms with E-state index >= 15 is 0 Å². The van der Waals surface area contributed by atoms with Crippen LogP contribution in [-0.4, -0.2) is 44.9 Å². The number of aromatic amines is 1. The van der Waals surface area contributed by atoms with E-state index in [2.05, 4.69) is 9.82 Å². The van der Waals surface area contributed by atoms with Crippen molar-refractivity contribution in [1.29, 1.82) is 0 Å². The van der Waals surface area contributed by atoms with Gasteiger partial charge in [-0.1, -0.05) is 21.6 Å². The van der Waals surface area contributed by atoms with Crippen LogP contribution in [0.3, 0.4) is 0 Å². The molecule has 22 heavy (non-hydrogen) atoms. The minimum Gasteiger partial charge on any atom is -0.394 e. The molecule has 3 atom stereocenters. The molecule has 1 unspecified atom stereocenters. The van der Waals surface area contributed by atoms with E-state index in [-0.39, 0.29) is 18.0 Å². The van der Waals surface area contributed by atoms with E-state index < -0.39 is 17.5 Å². The predicted octanol–water partition coefficient (Wildman–Crippen LogP) is 0.618. The second-order valence-corrected chi connectivity index (χ2v) is 7.86. The number of nitrogens with one attached hydrogen (secondary N) is 2. The summed E-state index contributed by atoms with van der Waals surface area (Å²) in [6, 6.07) is 0. The molecule has 0 saturated carbocycles. The number of rotatable bonds is 7. The van der Waals surface area contributed by atoms with Gasteiger partial charge in [0.15, 0.2) is 0 Å². The van der Waals surface area contributed by atoms with Crippen molar-refractivity contribution in [2.75, 3.05) is 18.9 Å². The Hall–Kier alpha value is -0.450. The highest BCUT2D eigenvalue weighted by atomic mass is 35.5. The van der Waals surface area contributed by atoms with Gasteiger partial charge >= 0.3 is 5.69 Å². The first-order valence-corrected chi connectivity index (χ1v) is 9.53. The number of aromatic nitrogens is 2. The Labute approximate surface area is 140 Å². The summed E-state index contributed by atoms with van der Waals surface area (Å²) in [6.45, 7) is 2.20. The van der Waals surface area contributed by atoms with E-state index in [0.29, 0.717) is 18.5 Å². The van der Waals surface area contributed by atoms with Crippen LogP contribution < -0.4 is 16.1 Å². The van der Waals surface area contributed by atoms with Crippen molar-refractivity contribution in [3.8, 4) is 0 Å². The number of H-pyrrole nitrogens is 1. The van der Waals surface area contributed by atoms with Crippen LogP contribution in [0.4, 0.5) is 0 Å². The van der Waals surface area contributed by atoms with Gasteiger partial charge < -0.3 is 9.84 Å². The molecule has 0 amide bonds. The predicted molar refractivity (Wildman–Crippen MR) is 89.4 cm³/mol. The fourth-order valence-electron chi connectivity index (χ4n) is 2.15. The van der Waals surface area contributed by atoms with Crippen LogP contribution in [0.1, 0.15) is 18.2 Å². The summed E-state index contributed by atoms with van der Waals surface area (Å²) >= 11 is 5.40. The van der Waals surface area contributed by atoms with E-state index in [1.54, 1.807) is 28.5 Å². The lowest BCUT2D eigenvalue weighted by Crippen LogP contribution is -2.33. The summed E-state index contributed by atoms with van der Waals surface area (Å²) in [6.07, 6.45) is 1.26. The third kappa shape index (κ3) is 4.30. The van der Waals surface area contributed by atoms with Gasteiger partial charge in [-0.05, 0) is 18.7 Å². The zero-order valence-corrected chi connectivity index (χ0v) is 14.3. The van der Waals surface area contributed by atoms with Crippen molar-refractivity contribution in [1.82, 2.24) is 14.4 Å². The Bertz CT molecular complexity index is 609. The average Bonchev–Trinajstić information content (AvgIpc) is 2.90. The van der Waals surface area contributed by atoms with Gasteiger partial charge in [-0.3, -0.25) is 14.3 Å². The minimum absolute atomic E-state index is 0.0643. The molecule has 0 aromatic carbocycles. The first-order valence-electron chi connectivity index (χ1n) is 6.77. The van der Waals surface area contributed by atoms with Gasteiger partial charge in [0.25, 0.3) is 5.56 Å². The molecule has 1 aliphatic heterocycles. The molecule has 1 aromatic heterocycles. The van der Waals surface area contributed by atoms with Gasteiger partial charge in [0.05, 0.1) is 12.7 Å². The normalized spacial score (nSPS) is 24.8. The second kappa shape index (κ2) is 8.42. The van der Waals surface area contributed by atoms with Crippen molar-refractivity contribution >= 4 is 33.4 Å². The molecule has 2 heterocycles. The third-order valence-corrected chi connectivity index (χ3v) is 6.38. The molecular formula is C12H18ClN3O4S2. The molecule has 1 aliphatic rings. The minimum atomic E-state index is -0.498. The fourth-order valence-corrected chi connectivity index (χ4v) is 5.00. The summed E-state index contributed by atoms with van der Waals surface area (Å²) in [7, 11) is 3.25. The highest BCUT2D eigenvalue weighted by Crippen LogP contribution is 2.40. The average molecular weight is 368 g/mol. The number of halogens is 1. The maximum Gasteiger partial charge on any atom is 0.330 e. The third-order valence-electron chi connectivity index (χ3n) is 3.29. The van der Waals surface area contributed by atoms with Gasteiger partial charge in [0.1, 0.15) is 6.23 Å². The van der Waals surface area contributed by atoms with E-state index in [4.69, 9.17) is 16.5 Å². The lowest BCUT2D eigenvalue weighted by atomic mass is 10.2. The molecule has 7 nitrogen and oxygen atoms in total. The molecule has 1 fully saturated rings. The summed E-state index contributed by atoms with van der Waals surface area (Å²) < 4.78 is 7.14. The number of aryl methyl sites for hydroxylation is 1. The number of ether oxygens (including phenoxy) is 1. The van der Waals surface area contributed by atoms with Gasteiger partial charge in [-0.2, -0.15) is 0 Å². The van der Waals surface area contributed by atoms with Gasteiger partial charge in [-0.15, -0.1) is 0 Å². The molecule has 1 aromatic rings. The summed E-state index contributed by atoms with van der Waals surface area (Å²) in [4.78, 5) is 28.1. The van der Waals surface area contributed by atoms with E-state index in [0.717, 1.165) is 5.75 Å². The largest absolute Gasteiger partial charge is 0.394 e. The molecule has 0 spiro atoms. The van der Waals surface area contributed by atoms with Gasteiger partial charge in [0, 0.05) is 35.7 Å². The Morgan fingerprint density at radius 2 is 2.36 bits per heavy atom. The zero-order chi connectivity index (χ0) is 16.1. The van der Waals surface area contributed by atoms with Crippen LogP contribution in [0.5, 0.6) is 0 Å². The van der Waals surface area contributed by atoms with Crippen LogP contribution in [0.2, 0.25) is 0 Å². The van der Waals surface area contributed by atoms with Crippen molar-refractivity contribution in [2.24, 2.45) is 0 Å². The molecule has 0 aliphatic carbocycles. The number of hydrogen-bond acceptors (Lipinski definition) is 7. The summed E-state index contributed by atoms with van der Waals surface area (Å²) in [5, 5.41) is 9.51. The Balaban J connectivity index is 2.06. The maximum absolute atomic E-state index is 11.9. The van der Waals surface area contributed by atoms with Crippen LogP contribution in [0.25, 0.3) is 0 Å². The lowest BCUT2D eigenvalue weighted by Gasteiger charge is -2.15. The number of aliphatic hydroxyl groups excluding tert-OH is 1. The first-order chi connectivity index (χ1) is 10.6. The van der Waals surface area contributed by atoms with Crippen LogP contribution >= 0.6 is 33.4 Å². The van der Waals surface area contributed by atoms with E-state index in [9.17, 15) is 14.7 Å². The Morgan fingerprint density at radius 3 is 3.05 bits per heavy atom. The smallest absolute Gasteiger partial charge is 0.330 e. The highest BCUT2D eigenvalue weighted by Gasteiger charge is 2.36. The van der Waals surface area contributed by atoms with Gasteiger partial charge in [0.2, 0.25) is 0 Å². The van der Waals surface area contributed by atoms with Crippen molar-refractivity contribution in [2.45, 2.75) is 30.9 Å². The molecule has 124 valence electrons. The fraction of sp³-hybridized carbons (Fsp3) is 0.667. The first kappa shape index (κ1) is 17.9. The van der Waals surface area contributed by atoms with Crippen LogP contribution in [-0.2, 0) is 4.74 Å². The highest BCUT2D eigenvalue weighted by molar-refractivity contribution is 8.77. The van der Waals surface area contributed by atoms with Gasteiger partial charge in [-0.25, -0.2) is 9.63 Å². The van der Waals surface area contributed by atoms with Crippen LogP contribution in [0, 0.1) is 6.92 Å². The topological polar surface area (TPSA) is 96.3 Å². The summed E-state index contributed by atoms with van der Waals surface area (Å²) in [5.74, 6) is 0.825. The molecule has 3 N–H and O–H groups in total. The van der Waals surface area contributed by atoms with E-state index in [1.165, 1.54) is 10.8 Å². The SMILES string of the molecule is Cc1cn([C@H]2CC(SSCCNCl)[C@@H](CO)O2)c(=O)[nH]c1=O. The number of aliphatic hydroxyl groups is 1. The summed E-state index contributed by atoms with van der Waals surface area (Å²) in [5.41, 5.74) is -0.447. The number of hydrogen-bond donors (Lipinski definition) is 3. The Kier molecular flexibility index (Phi) is 6.85. The lowest BCUT2D eigenvalue weighted by molar-refractivity contribution is -0.0238. The second-order valence-electron chi connectivity index (χ2n) is 4.87. The zero-order valence-electron chi connectivity index (χ0n) is 12.0.